The number of amides is 1. The van der Waals surface area contributed by atoms with Gasteiger partial charge in [-0.3, -0.25) is 19.4 Å². The lowest BCUT2D eigenvalue weighted by molar-refractivity contribution is -0.125. The summed E-state index contributed by atoms with van der Waals surface area (Å²) in [6.07, 6.45) is 5.46. The topological polar surface area (TPSA) is 88.4 Å². The molecule has 0 bridgehead atoms. The first-order valence-corrected chi connectivity index (χ1v) is 11.2. The molecule has 9 heteroatoms. The van der Waals surface area contributed by atoms with Crippen molar-refractivity contribution in [3.05, 3.63) is 59.7 Å². The zero-order chi connectivity index (χ0) is 23.2. The number of anilines is 1. The van der Waals surface area contributed by atoms with Gasteiger partial charge in [0, 0.05) is 76.0 Å². The van der Waals surface area contributed by atoms with Crippen molar-refractivity contribution in [3.63, 3.8) is 0 Å². The minimum absolute atomic E-state index is 0.0545. The van der Waals surface area contributed by atoms with E-state index < -0.39 is 0 Å². The number of hydrogen-bond acceptors (Lipinski definition) is 7. The van der Waals surface area contributed by atoms with Gasteiger partial charge in [-0.15, -0.1) is 0 Å². The molecule has 3 heterocycles. The van der Waals surface area contributed by atoms with E-state index in [0.29, 0.717) is 6.61 Å². The predicted octanol–water partition coefficient (Wildman–Crippen LogP) is 1.77. The quantitative estimate of drug-likeness (QED) is 0.561. The summed E-state index contributed by atoms with van der Waals surface area (Å²) in [6, 6.07) is 8.08. The van der Waals surface area contributed by atoms with E-state index in [9.17, 15) is 4.79 Å². The Bertz CT molecular complexity index is 1070. The summed E-state index contributed by atoms with van der Waals surface area (Å²) >= 11 is 0. The first-order valence-electron chi connectivity index (χ1n) is 11.2. The lowest BCUT2D eigenvalue weighted by Gasteiger charge is -2.35. The molecule has 1 fully saturated rings. The molecule has 9 nitrogen and oxygen atoms in total. The zero-order valence-electron chi connectivity index (χ0n) is 19.5. The maximum atomic E-state index is 11.3. The summed E-state index contributed by atoms with van der Waals surface area (Å²) in [7, 11) is 3.58. The van der Waals surface area contributed by atoms with Gasteiger partial charge in [-0.2, -0.15) is 5.10 Å². The van der Waals surface area contributed by atoms with E-state index in [-0.39, 0.29) is 12.5 Å². The summed E-state index contributed by atoms with van der Waals surface area (Å²) in [5, 5.41) is 6.91. The number of nitrogens with zero attached hydrogens (tertiary/aromatic N) is 6. The van der Waals surface area contributed by atoms with E-state index in [0.717, 1.165) is 55.4 Å². The zero-order valence-corrected chi connectivity index (χ0v) is 19.5. The van der Waals surface area contributed by atoms with Gasteiger partial charge >= 0.3 is 0 Å². The molecule has 4 rings (SSSR count). The normalized spacial score (nSPS) is 14.5. The molecule has 0 saturated carbocycles. The number of carbonyl (C=O) groups is 1. The minimum atomic E-state index is -0.133. The lowest BCUT2D eigenvalue weighted by Crippen LogP contribution is -2.46. The molecule has 1 saturated heterocycles. The number of aryl methyl sites for hydroxylation is 1. The molecule has 0 spiro atoms. The molecule has 0 radical (unpaired) electrons. The Morgan fingerprint density at radius 2 is 1.82 bits per heavy atom. The van der Waals surface area contributed by atoms with E-state index in [2.05, 4.69) is 37.1 Å². The molecule has 174 valence electrons. The van der Waals surface area contributed by atoms with E-state index in [1.54, 1.807) is 19.4 Å². The van der Waals surface area contributed by atoms with Crippen LogP contribution in [0.25, 0.3) is 11.3 Å². The number of benzene rings is 1. The standard InChI is InChI=1S/C24H31N7O2/c1-18-21(14-28-29(18)3)15-30-10-12-31(13-11-30)24-23(26-8-9-27-24)20-6-4-19(5-7-20)16-33-17-22(32)25-2/h4-9,14H,10-13,15-17H2,1-3H3,(H,25,32). The van der Waals surface area contributed by atoms with Crippen molar-refractivity contribution in [2.75, 3.05) is 44.7 Å². The van der Waals surface area contributed by atoms with Crippen molar-refractivity contribution >= 4 is 11.7 Å². The fraction of sp³-hybridized carbons (Fsp3) is 0.417. The Balaban J connectivity index is 1.39. The molecule has 0 aliphatic carbocycles. The Kier molecular flexibility index (Phi) is 7.31. The van der Waals surface area contributed by atoms with Crippen molar-refractivity contribution in [2.24, 2.45) is 7.05 Å². The van der Waals surface area contributed by atoms with E-state index in [4.69, 9.17) is 4.74 Å². The second-order valence-electron chi connectivity index (χ2n) is 8.23. The second kappa shape index (κ2) is 10.5. The van der Waals surface area contributed by atoms with Crippen LogP contribution in [0.4, 0.5) is 5.82 Å². The van der Waals surface area contributed by atoms with Gasteiger partial charge in [-0.25, -0.2) is 4.98 Å². The first-order chi connectivity index (χ1) is 16.0. The first kappa shape index (κ1) is 22.9. The molecule has 1 aromatic carbocycles. The summed E-state index contributed by atoms with van der Waals surface area (Å²) in [5.41, 5.74) is 5.41. The molecular formula is C24H31N7O2. The minimum Gasteiger partial charge on any atom is -0.367 e. The van der Waals surface area contributed by atoms with Gasteiger partial charge in [0.05, 0.1) is 12.8 Å². The highest BCUT2D eigenvalue weighted by Crippen LogP contribution is 2.28. The molecule has 0 atom stereocenters. The number of aromatic nitrogens is 4. The Morgan fingerprint density at radius 3 is 2.48 bits per heavy atom. The van der Waals surface area contributed by atoms with Gasteiger partial charge in [-0.1, -0.05) is 24.3 Å². The Hall–Kier alpha value is -3.30. The van der Waals surface area contributed by atoms with Crippen LogP contribution in [0.2, 0.25) is 0 Å². The highest BCUT2D eigenvalue weighted by atomic mass is 16.5. The third-order valence-electron chi connectivity index (χ3n) is 6.09. The third kappa shape index (κ3) is 5.55. The van der Waals surface area contributed by atoms with Crippen molar-refractivity contribution in [1.82, 2.24) is 30.0 Å². The van der Waals surface area contributed by atoms with E-state index in [1.807, 2.05) is 42.2 Å². The van der Waals surface area contributed by atoms with Gasteiger partial charge in [0.1, 0.15) is 12.3 Å². The van der Waals surface area contributed by atoms with Gasteiger partial charge in [0.15, 0.2) is 5.82 Å². The SMILES string of the molecule is CNC(=O)COCc1ccc(-c2nccnc2N2CCN(Cc3cnn(C)c3C)CC2)cc1. The Labute approximate surface area is 194 Å². The van der Waals surface area contributed by atoms with Crippen molar-refractivity contribution in [1.29, 1.82) is 0 Å². The molecule has 0 unspecified atom stereocenters. The van der Waals surface area contributed by atoms with Crippen LogP contribution in [0.1, 0.15) is 16.8 Å². The molecule has 1 aliphatic heterocycles. The predicted molar refractivity (Wildman–Crippen MR) is 127 cm³/mol. The maximum Gasteiger partial charge on any atom is 0.245 e. The van der Waals surface area contributed by atoms with Crippen molar-refractivity contribution in [2.45, 2.75) is 20.1 Å². The van der Waals surface area contributed by atoms with Crippen molar-refractivity contribution in [3.8, 4) is 11.3 Å². The summed E-state index contributed by atoms with van der Waals surface area (Å²) in [4.78, 5) is 25.4. The number of nitrogens with one attached hydrogen (secondary N) is 1. The maximum absolute atomic E-state index is 11.3. The number of carbonyl (C=O) groups excluding carboxylic acids is 1. The van der Waals surface area contributed by atoms with Crippen LogP contribution < -0.4 is 10.2 Å². The highest BCUT2D eigenvalue weighted by molar-refractivity contribution is 5.76. The molecule has 33 heavy (non-hydrogen) atoms. The van der Waals surface area contributed by atoms with Crippen LogP contribution >= 0.6 is 0 Å². The summed E-state index contributed by atoms with van der Waals surface area (Å²) in [5.74, 6) is 0.782. The second-order valence-corrected chi connectivity index (χ2v) is 8.23. The fourth-order valence-electron chi connectivity index (χ4n) is 3.92. The molecule has 1 amide bonds. The number of likely N-dealkylation sites (N-methyl/N-ethyl adjacent to an activating group) is 1. The smallest absolute Gasteiger partial charge is 0.245 e. The van der Waals surface area contributed by atoms with E-state index in [1.165, 1.54) is 11.3 Å². The monoisotopic (exact) mass is 449 g/mol. The molecular weight excluding hydrogens is 418 g/mol. The average molecular weight is 450 g/mol. The summed E-state index contributed by atoms with van der Waals surface area (Å²) in [6.45, 7) is 7.21. The number of hydrogen-bond donors (Lipinski definition) is 1. The number of ether oxygens (including phenoxy) is 1. The highest BCUT2D eigenvalue weighted by Gasteiger charge is 2.22. The van der Waals surface area contributed by atoms with Crippen LogP contribution in [-0.2, 0) is 29.7 Å². The van der Waals surface area contributed by atoms with Crippen LogP contribution in [-0.4, -0.2) is 70.4 Å². The Morgan fingerprint density at radius 1 is 1.09 bits per heavy atom. The van der Waals surface area contributed by atoms with E-state index >= 15 is 0 Å². The number of rotatable bonds is 8. The fourth-order valence-corrected chi connectivity index (χ4v) is 3.92. The van der Waals surface area contributed by atoms with Gasteiger partial charge in [0.25, 0.3) is 0 Å². The van der Waals surface area contributed by atoms with Crippen LogP contribution in [0.15, 0.2) is 42.9 Å². The lowest BCUT2D eigenvalue weighted by atomic mass is 10.1. The molecule has 1 aliphatic rings. The molecule has 1 N–H and O–H groups in total. The third-order valence-corrected chi connectivity index (χ3v) is 6.09. The van der Waals surface area contributed by atoms with Crippen molar-refractivity contribution < 1.29 is 9.53 Å². The van der Waals surface area contributed by atoms with Gasteiger partial charge in [-0.05, 0) is 12.5 Å². The average Bonchev–Trinajstić information content (AvgIpc) is 3.17. The summed E-state index contributed by atoms with van der Waals surface area (Å²) < 4.78 is 7.37. The van der Waals surface area contributed by atoms with Crippen LogP contribution in [0, 0.1) is 6.92 Å². The van der Waals surface area contributed by atoms with Gasteiger partial charge in [0.2, 0.25) is 5.91 Å². The largest absolute Gasteiger partial charge is 0.367 e. The van der Waals surface area contributed by atoms with Crippen LogP contribution in [0.5, 0.6) is 0 Å². The molecule has 3 aromatic rings. The molecule has 2 aromatic heterocycles. The van der Waals surface area contributed by atoms with Crippen LogP contribution in [0.3, 0.4) is 0 Å². The number of piperazine rings is 1. The van der Waals surface area contributed by atoms with Gasteiger partial charge < -0.3 is 15.0 Å².